The van der Waals surface area contributed by atoms with Crippen molar-refractivity contribution in [2.75, 3.05) is 24.0 Å². The van der Waals surface area contributed by atoms with E-state index >= 15 is 0 Å². The normalized spacial score (nSPS) is 12.7. The summed E-state index contributed by atoms with van der Waals surface area (Å²) < 4.78 is 28.8. The van der Waals surface area contributed by atoms with Gasteiger partial charge in [0, 0.05) is 24.6 Å². The Bertz CT molecular complexity index is 1060. The summed E-state index contributed by atoms with van der Waals surface area (Å²) in [6, 6.07) is 6.81. The van der Waals surface area contributed by atoms with Crippen LogP contribution in [0.1, 0.15) is 20.3 Å². The summed E-state index contributed by atoms with van der Waals surface area (Å²) in [5.74, 6) is 1.50. The standard InChI is InChI=1S/C18H23N5O3S/c1-5-11(2)20-17-13-8-9-19-16(13)22-18(23-17)21-14-7-6-12(27(4,24)25)10-15(14)26-3/h6-11H,5H2,1-4H3,(H3,19,20,21,22,23)/t11-/m0/s1. The summed E-state index contributed by atoms with van der Waals surface area (Å²) >= 11 is 0. The van der Waals surface area contributed by atoms with Crippen molar-refractivity contribution in [3.05, 3.63) is 30.5 Å². The molecule has 2 aromatic heterocycles. The Labute approximate surface area is 158 Å². The van der Waals surface area contributed by atoms with E-state index in [0.29, 0.717) is 23.0 Å². The van der Waals surface area contributed by atoms with Crippen molar-refractivity contribution >= 4 is 38.3 Å². The highest BCUT2D eigenvalue weighted by molar-refractivity contribution is 7.90. The van der Waals surface area contributed by atoms with Gasteiger partial charge in [0.2, 0.25) is 5.95 Å². The lowest BCUT2D eigenvalue weighted by molar-refractivity contribution is 0.415. The minimum Gasteiger partial charge on any atom is -0.495 e. The minimum absolute atomic E-state index is 0.185. The molecule has 0 saturated carbocycles. The third kappa shape index (κ3) is 4.13. The van der Waals surface area contributed by atoms with Crippen LogP contribution in [-0.2, 0) is 9.84 Å². The molecule has 0 spiro atoms. The SMILES string of the molecule is CC[C@H](C)Nc1nc(Nc2ccc(S(C)(=O)=O)cc2OC)nc2[nH]ccc12. The van der Waals surface area contributed by atoms with E-state index in [2.05, 4.69) is 39.4 Å². The molecule has 0 unspecified atom stereocenters. The fourth-order valence-corrected chi connectivity index (χ4v) is 3.20. The van der Waals surface area contributed by atoms with Gasteiger partial charge in [0.05, 0.1) is 23.1 Å². The lowest BCUT2D eigenvalue weighted by Gasteiger charge is -2.15. The van der Waals surface area contributed by atoms with Gasteiger partial charge in [0.15, 0.2) is 9.84 Å². The van der Waals surface area contributed by atoms with Crippen LogP contribution in [0.15, 0.2) is 35.4 Å². The molecule has 144 valence electrons. The number of hydrogen-bond donors (Lipinski definition) is 3. The predicted octanol–water partition coefficient (Wildman–Crippen LogP) is 3.32. The summed E-state index contributed by atoms with van der Waals surface area (Å²) in [4.78, 5) is 12.3. The van der Waals surface area contributed by atoms with Gasteiger partial charge in [-0.25, -0.2) is 8.42 Å². The van der Waals surface area contributed by atoms with Gasteiger partial charge in [-0.1, -0.05) is 6.92 Å². The van der Waals surface area contributed by atoms with Crippen LogP contribution < -0.4 is 15.4 Å². The van der Waals surface area contributed by atoms with Crippen LogP contribution in [0.2, 0.25) is 0 Å². The van der Waals surface area contributed by atoms with Gasteiger partial charge in [0.25, 0.3) is 0 Å². The molecule has 3 aromatic rings. The fourth-order valence-electron chi connectivity index (χ4n) is 2.57. The zero-order valence-corrected chi connectivity index (χ0v) is 16.5. The highest BCUT2D eigenvalue weighted by Crippen LogP contribution is 2.31. The average Bonchev–Trinajstić information content (AvgIpc) is 3.09. The molecule has 3 rings (SSSR count). The minimum atomic E-state index is -3.32. The zero-order chi connectivity index (χ0) is 19.6. The summed E-state index contributed by atoms with van der Waals surface area (Å²) in [5.41, 5.74) is 1.27. The number of benzene rings is 1. The first kappa shape index (κ1) is 19.0. The number of nitrogens with zero attached hydrogens (tertiary/aromatic N) is 2. The second kappa shape index (κ2) is 7.43. The van der Waals surface area contributed by atoms with E-state index in [1.165, 1.54) is 19.2 Å². The largest absolute Gasteiger partial charge is 0.495 e. The quantitative estimate of drug-likeness (QED) is 0.569. The van der Waals surface area contributed by atoms with E-state index < -0.39 is 9.84 Å². The van der Waals surface area contributed by atoms with Crippen LogP contribution in [0.3, 0.4) is 0 Å². The zero-order valence-electron chi connectivity index (χ0n) is 15.7. The molecule has 0 aliphatic carbocycles. The number of rotatable bonds is 7. The van der Waals surface area contributed by atoms with E-state index in [1.807, 2.05) is 12.3 Å². The molecule has 0 amide bonds. The molecule has 0 aliphatic heterocycles. The van der Waals surface area contributed by atoms with Gasteiger partial charge >= 0.3 is 0 Å². The lowest BCUT2D eigenvalue weighted by Crippen LogP contribution is -2.15. The number of nitrogens with one attached hydrogen (secondary N) is 3. The Kier molecular flexibility index (Phi) is 5.22. The summed E-state index contributed by atoms with van der Waals surface area (Å²) in [7, 11) is -1.84. The number of H-pyrrole nitrogens is 1. The van der Waals surface area contributed by atoms with Crippen molar-refractivity contribution in [2.24, 2.45) is 0 Å². The summed E-state index contributed by atoms with van der Waals surface area (Å²) in [6.45, 7) is 4.18. The number of sulfone groups is 1. The monoisotopic (exact) mass is 389 g/mol. The highest BCUT2D eigenvalue weighted by atomic mass is 32.2. The smallest absolute Gasteiger partial charge is 0.231 e. The van der Waals surface area contributed by atoms with Crippen LogP contribution in [0.25, 0.3) is 11.0 Å². The molecule has 1 atom stereocenters. The molecule has 9 heteroatoms. The number of ether oxygens (including phenoxy) is 1. The van der Waals surface area contributed by atoms with Gasteiger partial charge in [-0.2, -0.15) is 9.97 Å². The van der Waals surface area contributed by atoms with Crippen LogP contribution >= 0.6 is 0 Å². The molecule has 0 fully saturated rings. The van der Waals surface area contributed by atoms with Crippen LogP contribution in [0.4, 0.5) is 17.5 Å². The molecule has 0 saturated heterocycles. The van der Waals surface area contributed by atoms with E-state index in [-0.39, 0.29) is 10.9 Å². The van der Waals surface area contributed by atoms with E-state index in [0.717, 1.165) is 23.9 Å². The van der Waals surface area contributed by atoms with Crippen molar-refractivity contribution in [1.29, 1.82) is 0 Å². The van der Waals surface area contributed by atoms with Crippen LogP contribution in [-0.4, -0.2) is 42.8 Å². The lowest BCUT2D eigenvalue weighted by atomic mass is 10.2. The van der Waals surface area contributed by atoms with Gasteiger partial charge in [-0.3, -0.25) is 0 Å². The Hall–Kier alpha value is -2.81. The maximum atomic E-state index is 11.8. The maximum absolute atomic E-state index is 11.8. The van der Waals surface area contributed by atoms with Crippen molar-refractivity contribution in [1.82, 2.24) is 15.0 Å². The Morgan fingerprint density at radius 1 is 1.26 bits per heavy atom. The number of anilines is 3. The Morgan fingerprint density at radius 2 is 2.04 bits per heavy atom. The number of aromatic nitrogens is 3. The van der Waals surface area contributed by atoms with Crippen molar-refractivity contribution in [3.8, 4) is 5.75 Å². The third-order valence-electron chi connectivity index (χ3n) is 4.26. The molecule has 0 aliphatic rings. The molecule has 27 heavy (non-hydrogen) atoms. The molecular weight excluding hydrogens is 366 g/mol. The van der Waals surface area contributed by atoms with E-state index in [9.17, 15) is 8.42 Å². The second-order valence-electron chi connectivity index (χ2n) is 6.35. The predicted molar refractivity (Wildman–Crippen MR) is 107 cm³/mol. The molecule has 0 radical (unpaired) electrons. The van der Waals surface area contributed by atoms with Crippen molar-refractivity contribution in [3.63, 3.8) is 0 Å². The number of fused-ring (bicyclic) bond motifs is 1. The van der Waals surface area contributed by atoms with Crippen molar-refractivity contribution < 1.29 is 13.2 Å². The van der Waals surface area contributed by atoms with Gasteiger partial charge < -0.3 is 20.4 Å². The molecule has 1 aromatic carbocycles. The van der Waals surface area contributed by atoms with Crippen LogP contribution in [0, 0.1) is 0 Å². The first-order valence-electron chi connectivity index (χ1n) is 8.58. The molecular formula is C18H23N5O3S. The average molecular weight is 389 g/mol. The second-order valence-corrected chi connectivity index (χ2v) is 8.36. The highest BCUT2D eigenvalue weighted by Gasteiger charge is 2.15. The molecule has 8 nitrogen and oxygen atoms in total. The van der Waals surface area contributed by atoms with E-state index in [4.69, 9.17) is 4.74 Å². The fraction of sp³-hybridized carbons (Fsp3) is 0.333. The van der Waals surface area contributed by atoms with Gasteiger partial charge in [-0.15, -0.1) is 0 Å². The topological polar surface area (TPSA) is 109 Å². The Balaban J connectivity index is 1.99. The van der Waals surface area contributed by atoms with Crippen molar-refractivity contribution in [2.45, 2.75) is 31.2 Å². The number of hydrogen-bond acceptors (Lipinski definition) is 7. The molecule has 3 N–H and O–H groups in total. The van der Waals surface area contributed by atoms with Gasteiger partial charge in [-0.05, 0) is 31.5 Å². The number of aromatic amines is 1. The molecule has 0 bridgehead atoms. The summed E-state index contributed by atoms with van der Waals surface area (Å²) in [6.07, 6.45) is 3.93. The number of methoxy groups -OCH3 is 1. The third-order valence-corrected chi connectivity index (χ3v) is 5.37. The first-order valence-corrected chi connectivity index (χ1v) is 10.5. The molecule has 2 heterocycles. The summed E-state index contributed by atoms with van der Waals surface area (Å²) in [5, 5.41) is 7.40. The van der Waals surface area contributed by atoms with E-state index in [1.54, 1.807) is 6.07 Å². The maximum Gasteiger partial charge on any atom is 0.231 e. The first-order chi connectivity index (χ1) is 12.8. The Morgan fingerprint density at radius 3 is 2.70 bits per heavy atom. The van der Waals surface area contributed by atoms with Crippen LogP contribution in [0.5, 0.6) is 5.75 Å². The van der Waals surface area contributed by atoms with Gasteiger partial charge in [0.1, 0.15) is 17.2 Å².